The molecule has 0 amide bonds. The zero-order chi connectivity index (χ0) is 11.1. The molecule has 2 aromatic rings. The van der Waals surface area contributed by atoms with E-state index < -0.39 is 9.84 Å². The smallest absolute Gasteiger partial charge is 0.211 e. The monoisotopic (exact) mass is 241 g/mol. The SMILES string of the molecule is C=Cc1ncnc2nc(S(C)(=O)=O)sc12. The maximum atomic E-state index is 11.3. The number of hydrogen-bond acceptors (Lipinski definition) is 6. The molecule has 0 unspecified atom stereocenters. The number of nitrogens with zero attached hydrogens (tertiary/aromatic N) is 3. The van der Waals surface area contributed by atoms with E-state index in [1.54, 1.807) is 6.08 Å². The van der Waals surface area contributed by atoms with Crippen molar-refractivity contribution < 1.29 is 8.42 Å². The lowest BCUT2D eigenvalue weighted by Crippen LogP contribution is -1.95. The van der Waals surface area contributed by atoms with Crippen LogP contribution in [-0.4, -0.2) is 29.6 Å². The second kappa shape index (κ2) is 3.35. The van der Waals surface area contributed by atoms with E-state index in [0.29, 0.717) is 16.0 Å². The number of sulfone groups is 1. The summed E-state index contributed by atoms with van der Waals surface area (Å²) < 4.78 is 23.3. The minimum absolute atomic E-state index is 0.0566. The molecule has 0 saturated carbocycles. The molecule has 0 aliphatic heterocycles. The fourth-order valence-electron chi connectivity index (χ4n) is 1.06. The quantitative estimate of drug-likeness (QED) is 0.788. The first kappa shape index (κ1) is 10.2. The van der Waals surface area contributed by atoms with Crippen LogP contribution in [0.15, 0.2) is 17.2 Å². The van der Waals surface area contributed by atoms with Crippen LogP contribution in [0.3, 0.4) is 0 Å². The van der Waals surface area contributed by atoms with Gasteiger partial charge in [-0.1, -0.05) is 17.9 Å². The Labute approximate surface area is 90.4 Å². The molecule has 2 heterocycles. The lowest BCUT2D eigenvalue weighted by atomic mass is 10.4. The van der Waals surface area contributed by atoms with E-state index in [1.807, 2.05) is 0 Å². The molecule has 0 radical (unpaired) electrons. The van der Waals surface area contributed by atoms with Gasteiger partial charge in [-0.3, -0.25) is 0 Å². The molecule has 0 aliphatic rings. The summed E-state index contributed by atoms with van der Waals surface area (Å²) in [6, 6.07) is 0. The predicted octanol–water partition coefficient (Wildman–Crippen LogP) is 1.13. The van der Waals surface area contributed by atoms with Crippen LogP contribution >= 0.6 is 11.3 Å². The number of rotatable bonds is 2. The van der Waals surface area contributed by atoms with Crippen LogP contribution in [0, 0.1) is 0 Å². The van der Waals surface area contributed by atoms with E-state index in [9.17, 15) is 8.42 Å². The molecular formula is C8H7N3O2S2. The Kier molecular flexibility index (Phi) is 2.28. The zero-order valence-electron chi connectivity index (χ0n) is 7.84. The fourth-order valence-corrected chi connectivity index (χ4v) is 2.90. The van der Waals surface area contributed by atoms with Crippen LogP contribution in [-0.2, 0) is 9.84 Å². The van der Waals surface area contributed by atoms with Gasteiger partial charge < -0.3 is 0 Å². The van der Waals surface area contributed by atoms with Crippen molar-refractivity contribution in [3.63, 3.8) is 0 Å². The molecule has 0 spiro atoms. The van der Waals surface area contributed by atoms with E-state index >= 15 is 0 Å². The molecule has 5 nitrogen and oxygen atoms in total. The minimum atomic E-state index is -3.28. The minimum Gasteiger partial charge on any atom is -0.235 e. The van der Waals surface area contributed by atoms with Crippen molar-refractivity contribution >= 4 is 37.6 Å². The van der Waals surface area contributed by atoms with Crippen LogP contribution in [0.25, 0.3) is 16.4 Å². The molecule has 0 saturated heterocycles. The van der Waals surface area contributed by atoms with Gasteiger partial charge in [-0.25, -0.2) is 23.4 Å². The highest BCUT2D eigenvalue weighted by Gasteiger charge is 2.16. The highest BCUT2D eigenvalue weighted by molar-refractivity contribution is 7.92. The average Bonchev–Trinajstić information content (AvgIpc) is 2.59. The number of thiazole rings is 1. The molecule has 78 valence electrons. The van der Waals surface area contributed by atoms with Crippen LogP contribution in [0.2, 0.25) is 0 Å². The van der Waals surface area contributed by atoms with Crippen LogP contribution < -0.4 is 0 Å². The average molecular weight is 241 g/mol. The van der Waals surface area contributed by atoms with Gasteiger partial charge in [-0.05, 0) is 6.08 Å². The summed E-state index contributed by atoms with van der Waals surface area (Å²) >= 11 is 1.06. The first-order valence-electron chi connectivity index (χ1n) is 3.96. The van der Waals surface area contributed by atoms with Crippen molar-refractivity contribution in [3.05, 3.63) is 18.6 Å². The second-order valence-electron chi connectivity index (χ2n) is 2.87. The lowest BCUT2D eigenvalue weighted by Gasteiger charge is -1.89. The molecule has 0 aliphatic carbocycles. The maximum absolute atomic E-state index is 11.3. The molecule has 15 heavy (non-hydrogen) atoms. The molecule has 0 N–H and O–H groups in total. The Morgan fingerprint density at radius 3 is 2.80 bits per heavy atom. The van der Waals surface area contributed by atoms with Crippen molar-refractivity contribution in [1.29, 1.82) is 0 Å². The first-order valence-corrected chi connectivity index (χ1v) is 6.67. The van der Waals surface area contributed by atoms with Gasteiger partial charge in [0, 0.05) is 6.26 Å². The van der Waals surface area contributed by atoms with E-state index in [-0.39, 0.29) is 4.34 Å². The number of hydrogen-bond donors (Lipinski definition) is 0. The normalized spacial score (nSPS) is 11.8. The zero-order valence-corrected chi connectivity index (χ0v) is 9.47. The van der Waals surface area contributed by atoms with Crippen molar-refractivity contribution in [3.8, 4) is 0 Å². The van der Waals surface area contributed by atoms with Crippen LogP contribution in [0.1, 0.15) is 5.69 Å². The summed E-state index contributed by atoms with van der Waals surface area (Å²) in [6.07, 6.45) is 4.01. The third kappa shape index (κ3) is 1.75. The van der Waals surface area contributed by atoms with Gasteiger partial charge in [0.15, 0.2) is 5.65 Å². The van der Waals surface area contributed by atoms with E-state index in [1.165, 1.54) is 6.33 Å². The Balaban J connectivity index is 2.82. The van der Waals surface area contributed by atoms with Gasteiger partial charge in [-0.2, -0.15) is 0 Å². The third-order valence-electron chi connectivity index (χ3n) is 1.71. The van der Waals surface area contributed by atoms with Gasteiger partial charge >= 0.3 is 0 Å². The molecule has 0 fully saturated rings. The molecule has 2 aromatic heterocycles. The van der Waals surface area contributed by atoms with Crippen molar-refractivity contribution in [2.24, 2.45) is 0 Å². The third-order valence-corrected chi connectivity index (χ3v) is 4.46. The van der Waals surface area contributed by atoms with Crippen molar-refractivity contribution in [1.82, 2.24) is 15.0 Å². The van der Waals surface area contributed by atoms with E-state index in [0.717, 1.165) is 17.6 Å². The van der Waals surface area contributed by atoms with E-state index in [4.69, 9.17) is 0 Å². The Bertz CT molecular complexity index is 630. The standard InChI is InChI=1S/C8H7N3O2S2/c1-3-5-6-7(10-4-9-5)11-8(14-6)15(2,12)13/h3-4H,1H2,2H3. The Morgan fingerprint density at radius 1 is 1.47 bits per heavy atom. The summed E-state index contributed by atoms with van der Waals surface area (Å²) in [5, 5.41) is 0. The van der Waals surface area contributed by atoms with Gasteiger partial charge in [0.2, 0.25) is 14.2 Å². The summed E-state index contributed by atoms with van der Waals surface area (Å²) in [5.74, 6) is 0. The maximum Gasteiger partial charge on any atom is 0.211 e. The van der Waals surface area contributed by atoms with Gasteiger partial charge in [0.1, 0.15) is 11.0 Å². The number of aromatic nitrogens is 3. The van der Waals surface area contributed by atoms with Gasteiger partial charge in [0.25, 0.3) is 0 Å². The van der Waals surface area contributed by atoms with Crippen LogP contribution in [0.4, 0.5) is 0 Å². The summed E-state index contributed by atoms with van der Waals surface area (Å²) in [7, 11) is -3.28. The number of fused-ring (bicyclic) bond motifs is 1. The molecule has 0 atom stereocenters. The fraction of sp³-hybridized carbons (Fsp3) is 0.125. The van der Waals surface area contributed by atoms with Crippen molar-refractivity contribution in [2.75, 3.05) is 6.26 Å². The van der Waals surface area contributed by atoms with E-state index in [2.05, 4.69) is 21.5 Å². The largest absolute Gasteiger partial charge is 0.235 e. The summed E-state index contributed by atoms with van der Waals surface area (Å²) in [6.45, 7) is 3.59. The molecule has 2 rings (SSSR count). The Morgan fingerprint density at radius 2 is 2.20 bits per heavy atom. The molecule has 7 heteroatoms. The van der Waals surface area contributed by atoms with Crippen molar-refractivity contribution in [2.45, 2.75) is 4.34 Å². The van der Waals surface area contributed by atoms with Crippen LogP contribution in [0.5, 0.6) is 0 Å². The molecule has 0 aromatic carbocycles. The summed E-state index contributed by atoms with van der Waals surface area (Å²) in [5.41, 5.74) is 0.998. The lowest BCUT2D eigenvalue weighted by molar-refractivity contribution is 0.601. The highest BCUT2D eigenvalue weighted by atomic mass is 32.2. The highest BCUT2D eigenvalue weighted by Crippen LogP contribution is 2.26. The Hall–Kier alpha value is -1.34. The van der Waals surface area contributed by atoms with Gasteiger partial charge in [-0.15, -0.1) is 0 Å². The first-order chi connectivity index (χ1) is 7.02. The topological polar surface area (TPSA) is 72.8 Å². The molecular weight excluding hydrogens is 234 g/mol. The second-order valence-corrected chi connectivity index (χ2v) is 6.06. The predicted molar refractivity (Wildman–Crippen MR) is 58.4 cm³/mol. The molecule has 0 bridgehead atoms. The van der Waals surface area contributed by atoms with Gasteiger partial charge in [0.05, 0.1) is 5.69 Å². The summed E-state index contributed by atoms with van der Waals surface area (Å²) in [4.78, 5) is 11.8.